The van der Waals surface area contributed by atoms with E-state index in [4.69, 9.17) is 27.4 Å². The van der Waals surface area contributed by atoms with Gasteiger partial charge in [-0.25, -0.2) is 23.1 Å². The molecule has 7 heterocycles. The number of carbonyl (C=O) groups excluding carboxylic acids is 3. The van der Waals surface area contributed by atoms with Gasteiger partial charge in [0.2, 0.25) is 5.91 Å². The van der Waals surface area contributed by atoms with Crippen molar-refractivity contribution < 1.29 is 23.2 Å². The molecule has 0 bridgehead atoms. The van der Waals surface area contributed by atoms with E-state index in [9.17, 15) is 14.4 Å². The number of aromatic nitrogens is 4. The zero-order chi connectivity index (χ0) is 39.6. The Bertz CT molecular complexity index is 2440. The van der Waals surface area contributed by atoms with Crippen molar-refractivity contribution in [1.29, 1.82) is 0 Å². The second-order valence-corrected chi connectivity index (χ2v) is 15.7. The summed E-state index contributed by atoms with van der Waals surface area (Å²) in [6.45, 7) is 2.57. The maximum atomic E-state index is 15.8. The van der Waals surface area contributed by atoms with Crippen molar-refractivity contribution in [1.82, 2.24) is 34.7 Å². The van der Waals surface area contributed by atoms with Crippen LogP contribution < -0.4 is 26.2 Å². The number of hydrogen-bond acceptors (Lipinski definition) is 10. The van der Waals surface area contributed by atoms with Gasteiger partial charge in [-0.3, -0.25) is 34.6 Å². The number of benzene rings is 2. The number of halogens is 3. The lowest BCUT2D eigenvalue weighted by molar-refractivity contribution is -0.227. The van der Waals surface area contributed by atoms with Gasteiger partial charge in [0.1, 0.15) is 5.69 Å². The van der Waals surface area contributed by atoms with Gasteiger partial charge in [-0.15, -0.1) is 5.10 Å². The minimum atomic E-state index is -2.87. The Kier molecular flexibility index (Phi) is 9.09. The van der Waals surface area contributed by atoms with Gasteiger partial charge in [0, 0.05) is 76.3 Å². The highest BCUT2D eigenvalue weighted by molar-refractivity contribution is 6.34. The lowest BCUT2D eigenvalue weighted by Gasteiger charge is -2.57. The van der Waals surface area contributed by atoms with Crippen molar-refractivity contribution >= 4 is 58.0 Å². The molecule has 17 heteroatoms. The molecular formula is C40H40ClF2N11O3. The first-order chi connectivity index (χ1) is 27.4. The van der Waals surface area contributed by atoms with E-state index < -0.39 is 23.3 Å². The van der Waals surface area contributed by atoms with Crippen molar-refractivity contribution in [2.75, 3.05) is 61.4 Å². The summed E-state index contributed by atoms with van der Waals surface area (Å²) in [6.07, 6.45) is 4.58. The molecule has 0 atom stereocenters. The third kappa shape index (κ3) is 6.50. The molecule has 3 fully saturated rings. The molecule has 4 aliphatic heterocycles. The summed E-state index contributed by atoms with van der Waals surface area (Å²) in [5, 5.41) is 10.5. The van der Waals surface area contributed by atoms with Crippen LogP contribution in [0.4, 0.5) is 36.5 Å². The fourth-order valence-electron chi connectivity index (χ4n) is 8.74. The van der Waals surface area contributed by atoms with Crippen molar-refractivity contribution in [2.24, 2.45) is 11.1 Å². The van der Waals surface area contributed by atoms with Crippen LogP contribution in [0.1, 0.15) is 40.0 Å². The Morgan fingerprint density at radius 1 is 0.912 bits per heavy atom. The Labute approximate surface area is 331 Å². The molecular weight excluding hydrogens is 756 g/mol. The van der Waals surface area contributed by atoms with E-state index in [1.54, 1.807) is 30.1 Å². The first-order valence-electron chi connectivity index (χ1n) is 18.9. The van der Waals surface area contributed by atoms with E-state index in [0.717, 1.165) is 40.1 Å². The normalized spacial score (nSPS) is 19.2. The van der Waals surface area contributed by atoms with E-state index in [1.165, 1.54) is 15.6 Å². The van der Waals surface area contributed by atoms with Gasteiger partial charge in [-0.2, -0.15) is 0 Å². The molecule has 0 saturated carbocycles. The molecule has 3 saturated heterocycles. The Morgan fingerprint density at radius 3 is 2.42 bits per heavy atom. The predicted octanol–water partition coefficient (Wildman–Crippen LogP) is 5.07. The minimum absolute atomic E-state index is 0.179. The molecule has 4 amide bonds. The number of primary amides is 1. The van der Waals surface area contributed by atoms with E-state index in [1.807, 2.05) is 36.5 Å². The fourth-order valence-corrected chi connectivity index (χ4v) is 9.04. The van der Waals surface area contributed by atoms with Crippen LogP contribution in [0, 0.1) is 5.41 Å². The Morgan fingerprint density at radius 2 is 1.70 bits per heavy atom. The second kappa shape index (κ2) is 14.0. The highest BCUT2D eigenvalue weighted by atomic mass is 35.5. The SMILES string of the molecule is CNc1cc(N2CCc3c(-c4ccc(CN5CC6(CCN(Cc7ccc(N8CCC(=O)NC8=O)c(Cl)c7)CC6(F)F)C5)cn4)cccc32)nn2c(C(N)=O)cnc12. The topological polar surface area (TPSA) is 157 Å². The fraction of sp³-hybridized carbons (Fsp3) is 0.350. The first kappa shape index (κ1) is 36.9. The number of rotatable bonds is 9. The zero-order valence-corrected chi connectivity index (χ0v) is 31.9. The summed E-state index contributed by atoms with van der Waals surface area (Å²) in [6, 6.07) is 16.7. The highest BCUT2D eigenvalue weighted by Crippen LogP contribution is 2.51. The standard InChI is InChI=1S/C40H40ClF2N11O3/c1-45-30-16-34(49-54-33(36(44)56)18-47-37(30)54)52-12-9-27-26(3-2-4-31(27)52)29-7-5-25(17-46-29)20-51-21-39(22-51)11-14-50(23-40(39,42)43)19-24-6-8-32(28(41)15-24)53-13-10-35(55)48-38(53)57/h2-8,15-18,45H,9-14,19-23H2,1H3,(H2,44,56)(H,48,55,57). The first-order valence-corrected chi connectivity index (χ1v) is 19.2. The number of amides is 4. The van der Waals surface area contributed by atoms with Crippen LogP contribution in [0.15, 0.2) is 67.0 Å². The number of pyridine rings is 1. The molecule has 5 aromatic rings. The van der Waals surface area contributed by atoms with Crippen molar-refractivity contribution in [3.63, 3.8) is 0 Å². The van der Waals surface area contributed by atoms with Gasteiger partial charge in [0.15, 0.2) is 11.5 Å². The molecule has 3 aromatic heterocycles. The molecule has 4 aliphatic rings. The molecule has 0 aliphatic carbocycles. The number of piperidine rings is 1. The maximum absolute atomic E-state index is 15.8. The lowest BCUT2D eigenvalue weighted by atomic mass is 9.69. The third-order valence-electron chi connectivity index (χ3n) is 11.7. The van der Waals surface area contributed by atoms with Crippen LogP contribution in [0.3, 0.4) is 0 Å². The number of alkyl halides is 2. The zero-order valence-electron chi connectivity index (χ0n) is 31.1. The summed E-state index contributed by atoms with van der Waals surface area (Å²) in [5.74, 6) is -3.16. The molecule has 0 unspecified atom stereocenters. The molecule has 0 radical (unpaired) electrons. The van der Waals surface area contributed by atoms with Gasteiger partial charge in [0.05, 0.1) is 40.2 Å². The number of urea groups is 1. The number of hydrogen-bond donors (Lipinski definition) is 3. The molecule has 2 aromatic carbocycles. The number of imide groups is 1. The summed E-state index contributed by atoms with van der Waals surface area (Å²) in [4.78, 5) is 52.4. The van der Waals surface area contributed by atoms with E-state index in [2.05, 4.69) is 31.5 Å². The van der Waals surface area contributed by atoms with Gasteiger partial charge in [-0.05, 0) is 60.3 Å². The van der Waals surface area contributed by atoms with E-state index in [-0.39, 0.29) is 31.1 Å². The lowest BCUT2D eigenvalue weighted by Crippen LogP contribution is -2.69. The van der Waals surface area contributed by atoms with E-state index in [0.29, 0.717) is 73.6 Å². The number of nitrogens with zero attached hydrogens (tertiary/aromatic N) is 8. The van der Waals surface area contributed by atoms with Gasteiger partial charge in [0.25, 0.3) is 11.8 Å². The maximum Gasteiger partial charge on any atom is 0.328 e. The summed E-state index contributed by atoms with van der Waals surface area (Å²) >= 11 is 6.52. The number of anilines is 4. The second-order valence-electron chi connectivity index (χ2n) is 15.3. The van der Waals surface area contributed by atoms with Gasteiger partial charge >= 0.3 is 6.03 Å². The van der Waals surface area contributed by atoms with Crippen molar-refractivity contribution in [3.05, 3.63) is 94.4 Å². The van der Waals surface area contributed by atoms with Gasteiger partial charge < -0.3 is 16.0 Å². The van der Waals surface area contributed by atoms with Crippen LogP contribution in [0.2, 0.25) is 5.02 Å². The van der Waals surface area contributed by atoms with Gasteiger partial charge in [-0.1, -0.05) is 35.9 Å². The predicted molar refractivity (Wildman–Crippen MR) is 211 cm³/mol. The van der Waals surface area contributed by atoms with Crippen molar-refractivity contribution in [2.45, 2.75) is 38.3 Å². The largest absolute Gasteiger partial charge is 0.385 e. The monoisotopic (exact) mass is 795 g/mol. The summed E-state index contributed by atoms with van der Waals surface area (Å²) in [5.41, 5.74) is 12.1. The molecule has 57 heavy (non-hydrogen) atoms. The molecule has 9 rings (SSSR count). The molecule has 14 nitrogen and oxygen atoms in total. The van der Waals surface area contributed by atoms with Crippen LogP contribution in [0.5, 0.6) is 0 Å². The third-order valence-corrected chi connectivity index (χ3v) is 12.0. The number of fused-ring (bicyclic) bond motifs is 2. The quantitative estimate of drug-likeness (QED) is 0.184. The Hall–Kier alpha value is -5.71. The van der Waals surface area contributed by atoms with Crippen LogP contribution in [-0.4, -0.2) is 99.5 Å². The minimum Gasteiger partial charge on any atom is -0.385 e. The molecule has 294 valence electrons. The van der Waals surface area contributed by atoms with Crippen LogP contribution in [0.25, 0.3) is 16.9 Å². The van der Waals surface area contributed by atoms with Crippen molar-refractivity contribution in [3.8, 4) is 11.3 Å². The van der Waals surface area contributed by atoms with Crippen LogP contribution >= 0.6 is 11.6 Å². The number of nitrogens with one attached hydrogen (secondary N) is 2. The number of likely N-dealkylation sites (tertiary alicyclic amines) is 2. The number of nitrogens with two attached hydrogens (primary N) is 1. The summed E-state index contributed by atoms with van der Waals surface area (Å²) < 4.78 is 33.2. The molecule has 4 N–H and O–H groups in total. The highest BCUT2D eigenvalue weighted by Gasteiger charge is 2.62. The average Bonchev–Trinajstić information content (AvgIpc) is 3.81. The molecule has 1 spiro atoms. The van der Waals surface area contributed by atoms with Crippen LogP contribution in [-0.2, 0) is 24.3 Å². The smallest absolute Gasteiger partial charge is 0.328 e. The number of imidazole rings is 1. The Balaban J connectivity index is 0.827. The van der Waals surface area contributed by atoms with E-state index >= 15 is 8.78 Å². The number of carbonyl (C=O) groups is 3. The summed E-state index contributed by atoms with van der Waals surface area (Å²) in [7, 11) is 1.79. The average molecular weight is 796 g/mol.